The minimum Gasteiger partial charge on any atom is -0.481 e. The molecule has 0 amide bonds. The van der Waals surface area contributed by atoms with Crippen LogP contribution in [0.1, 0.15) is 79.1 Å². The van der Waals surface area contributed by atoms with Crippen LogP contribution in [-0.4, -0.2) is 44.3 Å². The Morgan fingerprint density at radius 3 is 0.600 bits per heavy atom. The minimum absolute atomic E-state index is 0. The number of rotatable bonds is 8. The van der Waals surface area contributed by atoms with E-state index >= 15 is 0 Å². The van der Waals surface area contributed by atoms with Gasteiger partial charge in [0.05, 0.1) is 0 Å². The second-order valence-electron chi connectivity index (χ2n) is 4.57. The van der Waals surface area contributed by atoms with Gasteiger partial charge in [0.1, 0.15) is 0 Å². The van der Waals surface area contributed by atoms with Crippen molar-refractivity contribution in [2.24, 2.45) is 0 Å². The van der Waals surface area contributed by atoms with Crippen molar-refractivity contribution in [1.82, 2.24) is 0 Å². The fraction of sp³-hybridized carbons (Fsp3) is 0.750. The SMILES string of the molecule is CCCC(=O)O.CCCC(=O)O.CCCC(=O)O.CCCC(=O)O.[Zr]. The van der Waals surface area contributed by atoms with Crippen molar-refractivity contribution in [2.75, 3.05) is 0 Å². The van der Waals surface area contributed by atoms with E-state index in [-0.39, 0.29) is 26.2 Å². The number of aliphatic carboxylic acids is 4. The first kappa shape index (κ1) is 35.0. The first-order chi connectivity index (χ1) is 11.1. The van der Waals surface area contributed by atoms with E-state index in [4.69, 9.17) is 20.4 Å². The van der Waals surface area contributed by atoms with Gasteiger partial charge in [-0.05, 0) is 25.7 Å². The number of carbonyl (C=O) groups is 4. The second-order valence-corrected chi connectivity index (χ2v) is 4.57. The van der Waals surface area contributed by atoms with E-state index in [9.17, 15) is 19.2 Å². The van der Waals surface area contributed by atoms with Gasteiger partial charge in [0.15, 0.2) is 0 Å². The van der Waals surface area contributed by atoms with Crippen LogP contribution in [0.5, 0.6) is 0 Å². The summed E-state index contributed by atoms with van der Waals surface area (Å²) in [5.41, 5.74) is 0. The number of carboxylic acid groups (broad SMARTS) is 4. The third kappa shape index (κ3) is 84.7. The maximum Gasteiger partial charge on any atom is 0.303 e. The molecule has 9 heteroatoms. The van der Waals surface area contributed by atoms with Crippen LogP contribution in [0.4, 0.5) is 0 Å². The van der Waals surface area contributed by atoms with Crippen molar-refractivity contribution in [3.8, 4) is 0 Å². The van der Waals surface area contributed by atoms with Crippen LogP contribution in [-0.2, 0) is 45.4 Å². The zero-order valence-electron chi connectivity index (χ0n) is 15.6. The van der Waals surface area contributed by atoms with Gasteiger partial charge in [0.25, 0.3) is 0 Å². The summed E-state index contributed by atoms with van der Waals surface area (Å²) in [6, 6.07) is 0. The van der Waals surface area contributed by atoms with Crippen LogP contribution in [0.2, 0.25) is 0 Å². The molecule has 0 spiro atoms. The quantitative estimate of drug-likeness (QED) is 0.445. The Bertz CT molecular complexity index is 268. The maximum absolute atomic E-state index is 9.60. The average Bonchev–Trinajstić information content (AvgIpc) is 2.39. The second kappa shape index (κ2) is 30.6. The van der Waals surface area contributed by atoms with Crippen LogP contribution < -0.4 is 0 Å². The van der Waals surface area contributed by atoms with Gasteiger partial charge in [-0.3, -0.25) is 19.2 Å². The molecule has 0 bridgehead atoms. The van der Waals surface area contributed by atoms with Crippen LogP contribution in [0.3, 0.4) is 0 Å². The van der Waals surface area contributed by atoms with E-state index < -0.39 is 23.9 Å². The molecule has 0 aromatic carbocycles. The predicted octanol–water partition coefficient (Wildman–Crippen LogP) is 3.48. The van der Waals surface area contributed by atoms with Crippen molar-refractivity contribution < 1.29 is 65.8 Å². The van der Waals surface area contributed by atoms with Gasteiger partial charge in [0.2, 0.25) is 0 Å². The molecule has 0 aliphatic rings. The van der Waals surface area contributed by atoms with Crippen molar-refractivity contribution in [1.29, 1.82) is 0 Å². The van der Waals surface area contributed by atoms with Gasteiger partial charge < -0.3 is 20.4 Å². The topological polar surface area (TPSA) is 149 Å². The molecular formula is C16H32O8Zr. The normalized spacial score (nSPS) is 7.84. The summed E-state index contributed by atoms with van der Waals surface area (Å²) < 4.78 is 0. The van der Waals surface area contributed by atoms with Crippen molar-refractivity contribution in [2.45, 2.75) is 79.1 Å². The Kier molecular flexibility index (Phi) is 42.8. The predicted molar refractivity (Wildman–Crippen MR) is 90.2 cm³/mol. The first-order valence-electron chi connectivity index (χ1n) is 7.95. The van der Waals surface area contributed by atoms with E-state index in [0.717, 1.165) is 25.7 Å². The molecule has 25 heavy (non-hydrogen) atoms. The third-order valence-electron chi connectivity index (χ3n) is 1.86. The zero-order valence-corrected chi connectivity index (χ0v) is 18.0. The Labute approximate surface area is 168 Å². The molecular weight excluding hydrogens is 411 g/mol. The van der Waals surface area contributed by atoms with E-state index in [1.807, 2.05) is 27.7 Å². The molecule has 0 aliphatic heterocycles. The molecule has 0 atom stereocenters. The third-order valence-corrected chi connectivity index (χ3v) is 1.86. The number of hydrogen-bond donors (Lipinski definition) is 4. The zero-order chi connectivity index (χ0) is 20.0. The smallest absolute Gasteiger partial charge is 0.303 e. The van der Waals surface area contributed by atoms with Gasteiger partial charge in [-0.25, -0.2) is 0 Å². The standard InChI is InChI=1S/4C4H8O2.Zr/c4*1-2-3-4(5)6;/h4*2-3H2,1H3,(H,5,6);. The van der Waals surface area contributed by atoms with E-state index in [2.05, 4.69) is 0 Å². The monoisotopic (exact) mass is 442 g/mol. The average molecular weight is 444 g/mol. The van der Waals surface area contributed by atoms with Gasteiger partial charge in [0, 0.05) is 51.9 Å². The molecule has 0 unspecified atom stereocenters. The van der Waals surface area contributed by atoms with Crippen LogP contribution >= 0.6 is 0 Å². The van der Waals surface area contributed by atoms with E-state index in [1.165, 1.54) is 0 Å². The Morgan fingerprint density at radius 2 is 0.600 bits per heavy atom. The molecule has 0 rings (SSSR count). The summed E-state index contributed by atoms with van der Waals surface area (Å²) in [6.45, 7) is 7.37. The van der Waals surface area contributed by atoms with Crippen molar-refractivity contribution >= 4 is 23.9 Å². The summed E-state index contributed by atoms with van der Waals surface area (Å²) in [5.74, 6) is -2.84. The van der Waals surface area contributed by atoms with Gasteiger partial charge >= 0.3 is 23.9 Å². The molecule has 0 aromatic rings. The molecule has 0 saturated carbocycles. The Morgan fingerprint density at radius 1 is 0.480 bits per heavy atom. The van der Waals surface area contributed by atoms with Crippen molar-refractivity contribution in [3.63, 3.8) is 0 Å². The van der Waals surface area contributed by atoms with Gasteiger partial charge in [-0.1, -0.05) is 27.7 Å². The molecule has 0 aromatic heterocycles. The van der Waals surface area contributed by atoms with E-state index in [0.29, 0.717) is 25.7 Å². The molecule has 0 radical (unpaired) electrons. The molecule has 0 aliphatic carbocycles. The van der Waals surface area contributed by atoms with Crippen molar-refractivity contribution in [3.05, 3.63) is 0 Å². The summed E-state index contributed by atoms with van der Waals surface area (Å²) in [6.07, 6.45) is 4.09. The van der Waals surface area contributed by atoms with Crippen LogP contribution in [0, 0.1) is 0 Å². The maximum atomic E-state index is 9.60. The van der Waals surface area contributed by atoms with Crippen LogP contribution in [0.25, 0.3) is 0 Å². The Hall–Kier alpha value is -1.24. The summed E-state index contributed by atoms with van der Waals surface area (Å²) >= 11 is 0. The summed E-state index contributed by atoms with van der Waals surface area (Å²) in [5, 5.41) is 31.7. The Balaban J connectivity index is -0.0000000702. The molecule has 0 saturated heterocycles. The fourth-order valence-electron chi connectivity index (χ4n) is 0.855. The first-order valence-corrected chi connectivity index (χ1v) is 7.95. The summed E-state index contributed by atoms with van der Waals surface area (Å²) in [7, 11) is 0. The fourth-order valence-corrected chi connectivity index (χ4v) is 0.855. The molecule has 8 nitrogen and oxygen atoms in total. The largest absolute Gasteiger partial charge is 0.481 e. The molecule has 0 fully saturated rings. The minimum atomic E-state index is -0.711. The number of carboxylic acids is 4. The molecule has 148 valence electrons. The van der Waals surface area contributed by atoms with Gasteiger partial charge in [-0.2, -0.15) is 0 Å². The molecule has 0 heterocycles. The molecule has 4 N–H and O–H groups in total. The van der Waals surface area contributed by atoms with E-state index in [1.54, 1.807) is 0 Å². The van der Waals surface area contributed by atoms with Crippen LogP contribution in [0.15, 0.2) is 0 Å². The number of hydrogen-bond acceptors (Lipinski definition) is 4. The summed E-state index contributed by atoms with van der Waals surface area (Å²) in [4.78, 5) is 38.4. The van der Waals surface area contributed by atoms with Gasteiger partial charge in [-0.15, -0.1) is 0 Å².